The molecule has 0 radical (unpaired) electrons. The van der Waals surface area contributed by atoms with Gasteiger partial charge in [-0.15, -0.1) is 0 Å². The largest absolute Gasteiger partial charge is 0.504 e. The highest BCUT2D eigenvalue weighted by molar-refractivity contribution is 6.03. The zero-order chi connectivity index (χ0) is 21.6. The van der Waals surface area contributed by atoms with E-state index >= 15 is 0 Å². The Bertz CT molecular complexity index is 993. The normalized spacial score (nSPS) is 32.8. The van der Waals surface area contributed by atoms with Crippen LogP contribution in [0.25, 0.3) is 0 Å². The molecule has 0 spiro atoms. The lowest BCUT2D eigenvalue weighted by Gasteiger charge is -2.50. The summed E-state index contributed by atoms with van der Waals surface area (Å²) in [6, 6.07) is 7.58. The molecule has 1 aromatic heterocycles. The minimum atomic E-state index is -0.225. The van der Waals surface area contributed by atoms with E-state index in [0.29, 0.717) is 30.1 Å². The van der Waals surface area contributed by atoms with Gasteiger partial charge in [-0.25, -0.2) is 0 Å². The lowest BCUT2D eigenvalue weighted by atomic mass is 9.55. The van der Waals surface area contributed by atoms with Gasteiger partial charge in [-0.05, 0) is 90.7 Å². The average Bonchev–Trinajstić information content (AvgIpc) is 3.09. The van der Waals surface area contributed by atoms with Crippen LogP contribution in [0.1, 0.15) is 61.6 Å². The molecule has 5 rings (SSSR count). The molecule has 3 aliphatic rings. The van der Waals surface area contributed by atoms with Crippen LogP contribution in [0, 0.1) is 17.3 Å². The first-order valence-corrected chi connectivity index (χ1v) is 11.2. The molecule has 5 atom stereocenters. The first-order valence-electron chi connectivity index (χ1n) is 11.2. The van der Waals surface area contributed by atoms with Gasteiger partial charge in [0.05, 0.1) is 18.9 Å². The molecule has 6 heteroatoms. The second-order valence-electron chi connectivity index (χ2n) is 9.50. The second kappa shape index (κ2) is 7.83. The molecule has 2 N–H and O–H groups in total. The maximum absolute atomic E-state index is 10.7. The van der Waals surface area contributed by atoms with E-state index in [-0.39, 0.29) is 17.3 Å². The van der Waals surface area contributed by atoms with Gasteiger partial charge < -0.3 is 19.8 Å². The van der Waals surface area contributed by atoms with Gasteiger partial charge in [-0.1, -0.05) is 12.1 Å². The van der Waals surface area contributed by atoms with Crippen molar-refractivity contribution in [3.8, 4) is 11.5 Å². The van der Waals surface area contributed by atoms with Crippen molar-refractivity contribution in [2.24, 2.45) is 22.4 Å². The Morgan fingerprint density at radius 2 is 2.00 bits per heavy atom. The number of hydrogen-bond acceptors (Lipinski definition) is 6. The number of aromatic nitrogens is 1. The summed E-state index contributed by atoms with van der Waals surface area (Å²) in [5, 5.41) is 25.7. The minimum absolute atomic E-state index is 0.0251. The van der Waals surface area contributed by atoms with Crippen LogP contribution in [0.4, 0.5) is 0 Å². The number of aromatic hydroxyl groups is 1. The molecule has 1 aromatic carbocycles. The highest BCUT2D eigenvalue weighted by atomic mass is 16.6. The molecular weight excluding hydrogens is 392 g/mol. The predicted octanol–water partition coefficient (Wildman–Crippen LogP) is 4.39. The number of ether oxygens (including phenoxy) is 1. The molecule has 6 nitrogen and oxygen atoms in total. The number of benzene rings is 1. The number of rotatable bonds is 4. The topological polar surface area (TPSA) is 84.2 Å². The van der Waals surface area contributed by atoms with Gasteiger partial charge in [0.15, 0.2) is 11.5 Å². The molecule has 0 amide bonds. The van der Waals surface area contributed by atoms with Crippen molar-refractivity contribution in [1.29, 1.82) is 0 Å². The SMILES string of the molecule is COc1cc2c(cc1O)C(=NOCc1ccncc1)C[C@@H]1[C@@H]2CC[C@]2(C)[C@@H](O)CC[C@@H]12. The Kier molecular flexibility index (Phi) is 5.13. The highest BCUT2D eigenvalue weighted by Crippen LogP contribution is 2.61. The third-order valence-corrected chi connectivity index (χ3v) is 8.03. The highest BCUT2D eigenvalue weighted by Gasteiger charge is 2.55. The van der Waals surface area contributed by atoms with Crippen LogP contribution >= 0.6 is 0 Å². The Balaban J connectivity index is 1.51. The molecule has 1 heterocycles. The van der Waals surface area contributed by atoms with Crippen molar-refractivity contribution in [2.75, 3.05) is 7.11 Å². The van der Waals surface area contributed by atoms with E-state index < -0.39 is 0 Å². The van der Waals surface area contributed by atoms with Gasteiger partial charge in [-0.2, -0.15) is 0 Å². The third kappa shape index (κ3) is 3.37. The first kappa shape index (κ1) is 20.3. The van der Waals surface area contributed by atoms with Crippen molar-refractivity contribution in [1.82, 2.24) is 4.98 Å². The smallest absolute Gasteiger partial charge is 0.160 e. The minimum Gasteiger partial charge on any atom is -0.504 e. The quantitative estimate of drug-likeness (QED) is 0.714. The second-order valence-corrected chi connectivity index (χ2v) is 9.50. The molecular formula is C25H30N2O4. The number of hydrogen-bond donors (Lipinski definition) is 2. The molecule has 31 heavy (non-hydrogen) atoms. The van der Waals surface area contributed by atoms with Crippen molar-refractivity contribution < 1.29 is 19.8 Å². The van der Waals surface area contributed by atoms with Crippen LogP contribution in [-0.2, 0) is 11.4 Å². The average molecular weight is 423 g/mol. The molecule has 3 aliphatic carbocycles. The maximum atomic E-state index is 10.7. The fourth-order valence-electron chi connectivity index (χ4n) is 6.32. The van der Waals surface area contributed by atoms with Crippen molar-refractivity contribution in [3.63, 3.8) is 0 Å². The van der Waals surface area contributed by atoms with Gasteiger partial charge in [0.2, 0.25) is 0 Å². The number of methoxy groups -OCH3 is 1. The summed E-state index contributed by atoms with van der Waals surface area (Å²) >= 11 is 0. The van der Waals surface area contributed by atoms with Gasteiger partial charge in [-0.3, -0.25) is 4.98 Å². The molecule has 0 aliphatic heterocycles. The molecule has 2 fully saturated rings. The van der Waals surface area contributed by atoms with Crippen LogP contribution in [0.15, 0.2) is 41.8 Å². The molecule has 164 valence electrons. The van der Waals surface area contributed by atoms with Crippen LogP contribution in [-0.4, -0.2) is 34.1 Å². The van der Waals surface area contributed by atoms with Gasteiger partial charge in [0.25, 0.3) is 0 Å². The van der Waals surface area contributed by atoms with Crippen LogP contribution < -0.4 is 4.74 Å². The molecule has 0 unspecified atom stereocenters. The Hall–Kier alpha value is -2.60. The van der Waals surface area contributed by atoms with E-state index in [1.54, 1.807) is 25.6 Å². The van der Waals surface area contributed by atoms with Crippen molar-refractivity contribution in [2.45, 2.75) is 57.7 Å². The molecule has 0 saturated heterocycles. The lowest BCUT2D eigenvalue weighted by molar-refractivity contribution is -0.0180. The first-order chi connectivity index (χ1) is 15.0. The summed E-state index contributed by atoms with van der Waals surface area (Å²) in [6.45, 7) is 2.63. The number of aliphatic hydroxyl groups is 1. The summed E-state index contributed by atoms with van der Waals surface area (Å²) in [5.74, 6) is 1.86. The standard InChI is InChI=1S/C25H30N2O4/c1-25-8-5-16-17-13-23(30-2)22(28)12-19(17)21(11-18(16)20(25)3-4-24(25)29)27-31-14-15-6-9-26-10-7-15/h6-7,9-10,12-13,16,18,20,24,28-29H,3-5,8,11,14H2,1-2H3/t16-,18-,20+,24+,25+/m1/s1. The van der Waals surface area contributed by atoms with E-state index in [2.05, 4.69) is 17.1 Å². The van der Waals surface area contributed by atoms with E-state index in [1.807, 2.05) is 18.2 Å². The summed E-state index contributed by atoms with van der Waals surface area (Å²) in [7, 11) is 1.58. The predicted molar refractivity (Wildman–Crippen MR) is 117 cm³/mol. The Morgan fingerprint density at radius 1 is 1.19 bits per heavy atom. The molecule has 2 saturated carbocycles. The monoisotopic (exact) mass is 422 g/mol. The maximum Gasteiger partial charge on any atom is 0.160 e. The molecule has 2 aromatic rings. The van der Waals surface area contributed by atoms with Crippen molar-refractivity contribution >= 4 is 5.71 Å². The van der Waals surface area contributed by atoms with Crippen LogP contribution in [0.5, 0.6) is 11.5 Å². The number of nitrogens with zero attached hydrogens (tertiary/aromatic N) is 2. The molecule has 0 bridgehead atoms. The number of oxime groups is 1. The summed E-state index contributed by atoms with van der Waals surface area (Å²) in [6.07, 6.45) is 8.03. The summed E-state index contributed by atoms with van der Waals surface area (Å²) in [5.41, 5.74) is 3.99. The Labute approximate surface area is 182 Å². The van der Waals surface area contributed by atoms with E-state index in [9.17, 15) is 10.2 Å². The van der Waals surface area contributed by atoms with E-state index in [1.165, 1.54) is 5.56 Å². The number of phenols is 1. The summed E-state index contributed by atoms with van der Waals surface area (Å²) in [4.78, 5) is 9.78. The van der Waals surface area contributed by atoms with E-state index in [4.69, 9.17) is 9.57 Å². The number of phenolic OH excluding ortho intramolecular Hbond substituents is 1. The van der Waals surface area contributed by atoms with Crippen LogP contribution in [0.2, 0.25) is 0 Å². The fraction of sp³-hybridized carbons (Fsp3) is 0.520. The Morgan fingerprint density at radius 3 is 2.77 bits per heavy atom. The van der Waals surface area contributed by atoms with Gasteiger partial charge in [0.1, 0.15) is 6.61 Å². The van der Waals surface area contributed by atoms with Gasteiger partial charge >= 0.3 is 0 Å². The van der Waals surface area contributed by atoms with Crippen LogP contribution in [0.3, 0.4) is 0 Å². The zero-order valence-electron chi connectivity index (χ0n) is 18.1. The number of pyridine rings is 1. The number of fused-ring (bicyclic) bond motifs is 5. The third-order valence-electron chi connectivity index (χ3n) is 8.03. The fourth-order valence-corrected chi connectivity index (χ4v) is 6.32. The van der Waals surface area contributed by atoms with E-state index in [0.717, 1.165) is 48.9 Å². The number of aliphatic hydroxyl groups excluding tert-OH is 1. The lowest BCUT2D eigenvalue weighted by Crippen LogP contribution is -2.45. The zero-order valence-corrected chi connectivity index (χ0v) is 18.1. The van der Waals surface area contributed by atoms with Crippen molar-refractivity contribution in [3.05, 3.63) is 53.3 Å². The summed E-state index contributed by atoms with van der Waals surface area (Å²) < 4.78 is 5.42. The van der Waals surface area contributed by atoms with Gasteiger partial charge in [0, 0.05) is 18.0 Å².